The molecule has 0 amide bonds. The molecule has 0 aliphatic rings. The van der Waals surface area contributed by atoms with Crippen molar-refractivity contribution < 1.29 is 0 Å². The minimum absolute atomic E-state index is 0.953. The molecule has 0 fully saturated rings. The Morgan fingerprint density at radius 1 is 0.333 bits per heavy atom. The van der Waals surface area contributed by atoms with Crippen molar-refractivity contribution in [2.24, 2.45) is 0 Å². The highest BCUT2D eigenvalue weighted by atomic mass is 15.1. The van der Waals surface area contributed by atoms with Crippen molar-refractivity contribution in [2.75, 3.05) is 9.80 Å². The average molecular weight is 767 g/mol. The lowest BCUT2D eigenvalue weighted by Gasteiger charge is -2.28. The van der Waals surface area contributed by atoms with Gasteiger partial charge in [0.05, 0.1) is 0 Å². The number of fused-ring (bicyclic) bond motifs is 3. The molecule has 0 radical (unpaired) electrons. The maximum Gasteiger partial charge on any atom is 0.0468 e. The lowest BCUT2D eigenvalue weighted by molar-refractivity contribution is 1.29. The zero-order valence-electron chi connectivity index (χ0n) is 33.2. The van der Waals surface area contributed by atoms with Gasteiger partial charge in [-0.05, 0) is 150 Å². The maximum atomic E-state index is 4.52. The number of para-hydroxylation sites is 4. The Balaban J connectivity index is 1.34. The van der Waals surface area contributed by atoms with Crippen LogP contribution in [0.3, 0.4) is 0 Å². The Morgan fingerprint density at radius 3 is 1.20 bits per heavy atom. The Kier molecular flexibility index (Phi) is 9.57. The van der Waals surface area contributed by atoms with Gasteiger partial charge in [0.25, 0.3) is 0 Å². The van der Waals surface area contributed by atoms with Gasteiger partial charge in [-0.1, -0.05) is 159 Å². The summed E-state index contributed by atoms with van der Waals surface area (Å²) < 4.78 is 0. The van der Waals surface area contributed by atoms with E-state index in [0.717, 1.165) is 55.5 Å². The summed E-state index contributed by atoms with van der Waals surface area (Å²) in [5.74, 6) is 0. The number of allylic oxidation sites excluding steroid dienone is 1. The first kappa shape index (κ1) is 36.4. The molecule has 0 aliphatic heterocycles. The topological polar surface area (TPSA) is 6.48 Å². The molecule has 0 N–H and O–H groups in total. The van der Waals surface area contributed by atoms with Gasteiger partial charge in [0, 0.05) is 34.1 Å². The number of hydrogen-bond donors (Lipinski definition) is 0. The first-order valence-electron chi connectivity index (χ1n) is 20.4. The van der Waals surface area contributed by atoms with Gasteiger partial charge in [-0.3, -0.25) is 0 Å². The van der Waals surface area contributed by atoms with E-state index >= 15 is 0 Å². The predicted molar refractivity (Wildman–Crippen MR) is 259 cm³/mol. The molecule has 60 heavy (non-hydrogen) atoms. The number of benzene rings is 10. The molecule has 0 unspecified atom stereocenters. The second-order valence-corrected chi connectivity index (χ2v) is 15.1. The van der Waals surface area contributed by atoms with Crippen LogP contribution in [-0.4, -0.2) is 0 Å². The first-order valence-corrected chi connectivity index (χ1v) is 20.4. The van der Waals surface area contributed by atoms with Gasteiger partial charge in [0.1, 0.15) is 0 Å². The van der Waals surface area contributed by atoms with E-state index in [2.05, 4.69) is 241 Å². The van der Waals surface area contributed by atoms with Crippen LogP contribution in [0.1, 0.15) is 0 Å². The van der Waals surface area contributed by atoms with Crippen LogP contribution in [0.5, 0.6) is 0 Å². The second kappa shape index (κ2) is 15.8. The molecule has 10 rings (SSSR count). The molecular weight excluding hydrogens is 725 g/mol. The fraction of sp³-hybridized carbons (Fsp3) is 0. The third-order valence-corrected chi connectivity index (χ3v) is 11.4. The molecule has 0 saturated heterocycles. The monoisotopic (exact) mass is 766 g/mol. The number of rotatable bonds is 9. The fourth-order valence-electron chi connectivity index (χ4n) is 8.70. The largest absolute Gasteiger partial charge is 0.310 e. The summed E-state index contributed by atoms with van der Waals surface area (Å²) in [6.07, 6.45) is 3.85. The Labute approximate surface area is 351 Å². The maximum absolute atomic E-state index is 4.52. The average Bonchev–Trinajstić information content (AvgIpc) is 3.30. The van der Waals surface area contributed by atoms with Crippen molar-refractivity contribution >= 4 is 79.1 Å². The molecule has 10 aromatic rings. The van der Waals surface area contributed by atoms with Crippen LogP contribution in [0.2, 0.25) is 0 Å². The Bertz CT molecular complexity index is 3210. The van der Waals surface area contributed by atoms with E-state index < -0.39 is 0 Å². The quantitative estimate of drug-likeness (QED) is 0.135. The predicted octanol–water partition coefficient (Wildman–Crippen LogP) is 14.8. The number of nitrogens with zero attached hydrogens (tertiary/aromatic N) is 2. The van der Waals surface area contributed by atoms with Gasteiger partial charge in [0.15, 0.2) is 0 Å². The minimum Gasteiger partial charge on any atom is -0.310 e. The number of hydrogen-bond acceptors (Lipinski definition) is 2. The van der Waals surface area contributed by atoms with Gasteiger partial charge >= 0.3 is 0 Å². The number of anilines is 6. The van der Waals surface area contributed by atoms with Crippen LogP contribution in [0.25, 0.3) is 67.2 Å². The van der Waals surface area contributed by atoms with Crippen molar-refractivity contribution in [2.45, 2.75) is 0 Å². The van der Waals surface area contributed by atoms with Gasteiger partial charge in [-0.2, -0.15) is 0 Å². The van der Waals surface area contributed by atoms with Gasteiger partial charge in [0.2, 0.25) is 0 Å². The van der Waals surface area contributed by atoms with E-state index in [0.29, 0.717) is 0 Å². The summed E-state index contributed by atoms with van der Waals surface area (Å²) in [7, 11) is 0. The molecule has 0 aliphatic carbocycles. The third kappa shape index (κ3) is 6.70. The molecule has 10 aromatic carbocycles. The molecule has 0 bridgehead atoms. The molecule has 0 spiro atoms. The summed E-state index contributed by atoms with van der Waals surface area (Å²) in [6, 6.07) is 78.7. The zero-order chi connectivity index (χ0) is 40.4. The highest BCUT2D eigenvalue weighted by Gasteiger charge is 2.22. The van der Waals surface area contributed by atoms with Gasteiger partial charge in [-0.15, -0.1) is 0 Å². The van der Waals surface area contributed by atoms with Crippen molar-refractivity contribution in [3.05, 3.63) is 241 Å². The van der Waals surface area contributed by atoms with Gasteiger partial charge in [-0.25, -0.2) is 0 Å². The molecule has 0 atom stereocenters. The Hall–Kier alpha value is -7.94. The van der Waals surface area contributed by atoms with E-state index in [-0.39, 0.29) is 0 Å². The summed E-state index contributed by atoms with van der Waals surface area (Å²) in [6.45, 7) is 8.48. The van der Waals surface area contributed by atoms with Crippen LogP contribution in [-0.2, 0) is 0 Å². The van der Waals surface area contributed by atoms with E-state index in [1.807, 2.05) is 12.2 Å². The summed E-state index contributed by atoms with van der Waals surface area (Å²) in [4.78, 5) is 4.70. The fourth-order valence-corrected chi connectivity index (χ4v) is 8.70. The summed E-state index contributed by atoms with van der Waals surface area (Å²) in [5.41, 5.74) is 11.2. The smallest absolute Gasteiger partial charge is 0.0468 e. The standard InChI is InChI=1S/C58H42N2/c1-3-18-42-29-31-45(37-41(42)2)57-53-35-33-52(60(49-25-12-6-13-26-49)50-27-14-7-15-28-50)40-56(53)58(46-32-30-43-19-16-17-20-44(43)38-46)54-36-34-51(39-55(54)57)59(47-21-8-4-9-22-47)48-23-10-5-11-24-48/h3-40H,1-2H2/b42-18-. The summed E-state index contributed by atoms with van der Waals surface area (Å²) >= 11 is 0. The molecule has 284 valence electrons. The zero-order valence-corrected chi connectivity index (χ0v) is 33.2. The van der Waals surface area contributed by atoms with Crippen LogP contribution < -0.4 is 20.2 Å². The van der Waals surface area contributed by atoms with Crippen LogP contribution >= 0.6 is 0 Å². The molecule has 2 heteroatoms. The van der Waals surface area contributed by atoms with E-state index in [9.17, 15) is 0 Å². The van der Waals surface area contributed by atoms with Crippen LogP contribution in [0.15, 0.2) is 231 Å². The highest BCUT2D eigenvalue weighted by molar-refractivity contribution is 6.23. The lowest BCUT2D eigenvalue weighted by Crippen LogP contribution is -2.22. The normalized spacial score (nSPS) is 11.6. The van der Waals surface area contributed by atoms with Gasteiger partial charge < -0.3 is 9.80 Å². The molecule has 0 saturated carbocycles. The molecular formula is C58H42N2. The van der Waals surface area contributed by atoms with Crippen molar-refractivity contribution in [3.63, 3.8) is 0 Å². The van der Waals surface area contributed by atoms with Crippen LogP contribution in [0.4, 0.5) is 34.1 Å². The second-order valence-electron chi connectivity index (χ2n) is 15.1. The van der Waals surface area contributed by atoms with Crippen molar-refractivity contribution in [1.29, 1.82) is 0 Å². The molecule has 2 nitrogen and oxygen atoms in total. The molecule has 0 heterocycles. The van der Waals surface area contributed by atoms with E-state index in [1.165, 1.54) is 43.6 Å². The van der Waals surface area contributed by atoms with Crippen molar-refractivity contribution in [1.82, 2.24) is 0 Å². The first-order chi connectivity index (χ1) is 29.6. The summed E-state index contributed by atoms with van der Waals surface area (Å²) in [5, 5.41) is 9.11. The molecule has 0 aromatic heterocycles. The van der Waals surface area contributed by atoms with E-state index in [4.69, 9.17) is 0 Å². The third-order valence-electron chi connectivity index (χ3n) is 11.4. The van der Waals surface area contributed by atoms with Crippen molar-refractivity contribution in [3.8, 4) is 22.3 Å². The SMILES string of the molecule is C=C/C=c1/ccc(-c2c3ccc(N(c4ccccc4)c4ccccc4)cc3c(-c3ccc4ccccc4c3)c3ccc(N(c4ccccc4)c4ccccc4)cc23)cc1=C. The van der Waals surface area contributed by atoms with Crippen LogP contribution in [0, 0.1) is 0 Å². The lowest BCUT2D eigenvalue weighted by atomic mass is 9.84. The highest BCUT2D eigenvalue weighted by Crippen LogP contribution is 2.48. The minimum atomic E-state index is 0.953. The van der Waals surface area contributed by atoms with E-state index in [1.54, 1.807) is 0 Å². The Morgan fingerprint density at radius 2 is 0.750 bits per heavy atom.